The van der Waals surface area contributed by atoms with Crippen molar-refractivity contribution in [3.05, 3.63) is 22.3 Å². The van der Waals surface area contributed by atoms with Crippen LogP contribution in [0.1, 0.15) is 31.2 Å². The lowest BCUT2D eigenvalue weighted by Gasteiger charge is -2.27. The number of nitrogens with two attached hydrogens (primary N) is 1. The molecule has 1 saturated carbocycles. The summed E-state index contributed by atoms with van der Waals surface area (Å²) in [5.74, 6) is 1.04. The van der Waals surface area contributed by atoms with Crippen molar-refractivity contribution in [3.63, 3.8) is 0 Å². The number of aromatic nitrogens is 1. The Labute approximate surface area is 105 Å². The third-order valence-electron chi connectivity index (χ3n) is 3.34. The highest BCUT2D eigenvalue weighted by Gasteiger charge is 2.22. The Hall–Kier alpha value is -0.610. The molecule has 1 fully saturated rings. The molecule has 1 aliphatic carbocycles. The largest absolute Gasteiger partial charge is 0.356 e. The normalized spacial score (nSPS) is 16.7. The first-order valence-electron chi connectivity index (χ1n) is 5.79. The van der Waals surface area contributed by atoms with Crippen LogP contribution in [-0.4, -0.2) is 18.1 Å². The maximum Gasteiger partial charge on any atom is 0.133 e. The van der Waals surface area contributed by atoms with Crippen LogP contribution < -0.4 is 10.6 Å². The molecule has 1 aromatic rings. The van der Waals surface area contributed by atoms with E-state index in [0.29, 0.717) is 12.6 Å². The molecule has 0 unspecified atom stereocenters. The van der Waals surface area contributed by atoms with Gasteiger partial charge in [-0.15, -0.1) is 0 Å². The first-order chi connectivity index (χ1) is 7.72. The summed E-state index contributed by atoms with van der Waals surface area (Å²) in [6.07, 6.45) is 7.07. The van der Waals surface area contributed by atoms with Crippen LogP contribution >= 0.6 is 15.9 Å². The topological polar surface area (TPSA) is 42.2 Å². The summed E-state index contributed by atoms with van der Waals surface area (Å²) in [6.45, 7) is 0.541. The predicted octanol–water partition coefficient (Wildman–Crippen LogP) is 2.68. The van der Waals surface area contributed by atoms with Gasteiger partial charge >= 0.3 is 0 Å². The number of rotatable bonds is 3. The minimum absolute atomic E-state index is 0.541. The number of hydrogen-bond acceptors (Lipinski definition) is 3. The van der Waals surface area contributed by atoms with E-state index in [0.717, 1.165) is 15.9 Å². The van der Waals surface area contributed by atoms with E-state index in [1.807, 2.05) is 6.20 Å². The van der Waals surface area contributed by atoms with Gasteiger partial charge in [-0.1, -0.05) is 12.8 Å². The summed E-state index contributed by atoms with van der Waals surface area (Å²) < 4.78 is 0.997. The zero-order valence-electron chi connectivity index (χ0n) is 9.62. The molecule has 0 bridgehead atoms. The molecule has 0 aromatic carbocycles. The van der Waals surface area contributed by atoms with Crippen molar-refractivity contribution in [2.75, 3.05) is 11.9 Å². The summed E-state index contributed by atoms with van der Waals surface area (Å²) >= 11 is 3.43. The van der Waals surface area contributed by atoms with Crippen LogP contribution in [0.5, 0.6) is 0 Å². The second-order valence-corrected chi connectivity index (χ2v) is 5.31. The summed E-state index contributed by atoms with van der Waals surface area (Å²) in [5.41, 5.74) is 6.88. The van der Waals surface area contributed by atoms with Gasteiger partial charge in [-0.3, -0.25) is 0 Å². The Morgan fingerprint density at radius 1 is 1.50 bits per heavy atom. The molecule has 16 heavy (non-hydrogen) atoms. The van der Waals surface area contributed by atoms with Gasteiger partial charge in [-0.05, 0) is 34.8 Å². The van der Waals surface area contributed by atoms with E-state index in [4.69, 9.17) is 5.73 Å². The molecule has 0 spiro atoms. The van der Waals surface area contributed by atoms with Crippen LogP contribution in [0.3, 0.4) is 0 Å². The van der Waals surface area contributed by atoms with Crippen LogP contribution in [-0.2, 0) is 6.54 Å². The molecule has 1 aromatic heterocycles. The molecule has 0 aliphatic heterocycles. The Morgan fingerprint density at radius 3 is 2.81 bits per heavy atom. The van der Waals surface area contributed by atoms with E-state index in [2.05, 4.69) is 38.9 Å². The first-order valence-corrected chi connectivity index (χ1v) is 6.59. The van der Waals surface area contributed by atoms with Gasteiger partial charge in [0.1, 0.15) is 5.82 Å². The van der Waals surface area contributed by atoms with Crippen molar-refractivity contribution in [1.29, 1.82) is 0 Å². The zero-order valence-corrected chi connectivity index (χ0v) is 11.2. The fraction of sp³-hybridized carbons (Fsp3) is 0.583. The number of halogens is 1. The van der Waals surface area contributed by atoms with Crippen LogP contribution in [0.25, 0.3) is 0 Å². The monoisotopic (exact) mass is 283 g/mol. The molecule has 2 rings (SSSR count). The number of hydrogen-bond donors (Lipinski definition) is 1. The van der Waals surface area contributed by atoms with Gasteiger partial charge in [0, 0.05) is 35.9 Å². The fourth-order valence-electron chi connectivity index (χ4n) is 2.41. The number of pyridine rings is 1. The first kappa shape index (κ1) is 11.9. The quantitative estimate of drug-likeness (QED) is 0.928. The van der Waals surface area contributed by atoms with Gasteiger partial charge in [-0.25, -0.2) is 4.98 Å². The van der Waals surface area contributed by atoms with Crippen molar-refractivity contribution in [1.82, 2.24) is 4.98 Å². The molecule has 1 heterocycles. The zero-order chi connectivity index (χ0) is 11.5. The number of nitrogens with zero attached hydrogens (tertiary/aromatic N) is 2. The summed E-state index contributed by atoms with van der Waals surface area (Å²) in [6, 6.07) is 2.70. The molecular formula is C12H18BrN3. The van der Waals surface area contributed by atoms with Crippen molar-refractivity contribution in [3.8, 4) is 0 Å². The highest BCUT2D eigenvalue weighted by molar-refractivity contribution is 9.10. The van der Waals surface area contributed by atoms with Gasteiger partial charge in [0.15, 0.2) is 0 Å². The summed E-state index contributed by atoms with van der Waals surface area (Å²) in [4.78, 5) is 6.79. The highest BCUT2D eigenvalue weighted by Crippen LogP contribution is 2.28. The Kier molecular flexibility index (Phi) is 3.82. The second-order valence-electron chi connectivity index (χ2n) is 4.39. The smallest absolute Gasteiger partial charge is 0.133 e. The van der Waals surface area contributed by atoms with Crippen LogP contribution in [0, 0.1) is 0 Å². The van der Waals surface area contributed by atoms with E-state index in [1.54, 1.807) is 0 Å². The molecule has 0 atom stereocenters. The molecule has 3 nitrogen and oxygen atoms in total. The van der Waals surface area contributed by atoms with Gasteiger partial charge in [0.25, 0.3) is 0 Å². The maximum absolute atomic E-state index is 5.77. The lowest BCUT2D eigenvalue weighted by Crippen LogP contribution is -2.30. The van der Waals surface area contributed by atoms with Crippen molar-refractivity contribution in [2.45, 2.75) is 38.3 Å². The maximum atomic E-state index is 5.77. The molecule has 88 valence electrons. The average Bonchev–Trinajstić information content (AvgIpc) is 2.81. The van der Waals surface area contributed by atoms with Crippen molar-refractivity contribution in [2.24, 2.45) is 5.73 Å². The van der Waals surface area contributed by atoms with Gasteiger partial charge < -0.3 is 10.6 Å². The van der Waals surface area contributed by atoms with Crippen molar-refractivity contribution < 1.29 is 0 Å². The Balaban J connectivity index is 2.24. The third kappa shape index (κ3) is 2.38. The second kappa shape index (κ2) is 5.15. The highest BCUT2D eigenvalue weighted by atomic mass is 79.9. The van der Waals surface area contributed by atoms with E-state index < -0.39 is 0 Å². The third-order valence-corrected chi connectivity index (χ3v) is 3.77. The SMILES string of the molecule is CN(c1ncc(Br)cc1CN)C1CCCC1. The van der Waals surface area contributed by atoms with Crippen LogP contribution in [0.15, 0.2) is 16.7 Å². The van der Waals surface area contributed by atoms with Crippen LogP contribution in [0.2, 0.25) is 0 Å². The molecule has 4 heteroatoms. The molecular weight excluding hydrogens is 266 g/mol. The summed E-state index contributed by atoms with van der Waals surface area (Å²) in [7, 11) is 2.13. The fourth-order valence-corrected chi connectivity index (χ4v) is 2.78. The molecule has 1 aliphatic rings. The van der Waals surface area contributed by atoms with Crippen LogP contribution in [0.4, 0.5) is 5.82 Å². The summed E-state index contributed by atoms with van der Waals surface area (Å²) in [5, 5.41) is 0. The lowest BCUT2D eigenvalue weighted by atomic mass is 10.2. The standard InChI is InChI=1S/C12H18BrN3/c1-16(11-4-2-3-5-11)12-9(7-14)6-10(13)8-15-12/h6,8,11H,2-5,7,14H2,1H3. The van der Waals surface area contributed by atoms with Gasteiger partial charge in [0.2, 0.25) is 0 Å². The predicted molar refractivity (Wildman–Crippen MR) is 70.5 cm³/mol. The van der Waals surface area contributed by atoms with E-state index in [9.17, 15) is 0 Å². The van der Waals surface area contributed by atoms with E-state index >= 15 is 0 Å². The minimum Gasteiger partial charge on any atom is -0.356 e. The van der Waals surface area contributed by atoms with E-state index in [-0.39, 0.29) is 0 Å². The Bertz CT molecular complexity index is 361. The van der Waals surface area contributed by atoms with E-state index in [1.165, 1.54) is 25.7 Å². The molecule has 0 saturated heterocycles. The Morgan fingerprint density at radius 2 is 2.19 bits per heavy atom. The number of anilines is 1. The minimum atomic E-state index is 0.541. The van der Waals surface area contributed by atoms with Gasteiger partial charge in [-0.2, -0.15) is 0 Å². The van der Waals surface area contributed by atoms with Crippen molar-refractivity contribution >= 4 is 21.7 Å². The van der Waals surface area contributed by atoms with Gasteiger partial charge in [0.05, 0.1) is 0 Å². The lowest BCUT2D eigenvalue weighted by molar-refractivity contribution is 0.643. The molecule has 0 radical (unpaired) electrons. The molecule has 0 amide bonds. The average molecular weight is 284 g/mol. The molecule has 2 N–H and O–H groups in total.